The Balaban J connectivity index is 2.00. The highest BCUT2D eigenvalue weighted by Crippen LogP contribution is 2.27. The van der Waals surface area contributed by atoms with Crippen LogP contribution in [0.25, 0.3) is 0 Å². The summed E-state index contributed by atoms with van der Waals surface area (Å²) in [6.45, 7) is 7.47. The van der Waals surface area contributed by atoms with Gasteiger partial charge in [-0.15, -0.1) is 0 Å². The molecule has 2 heterocycles. The molecule has 1 aromatic heterocycles. The molecule has 1 saturated heterocycles. The van der Waals surface area contributed by atoms with Gasteiger partial charge >= 0.3 is 0 Å². The summed E-state index contributed by atoms with van der Waals surface area (Å²) in [5.41, 5.74) is 1.38. The molecule has 1 unspecified atom stereocenters. The number of aliphatic imine (C=N–C) groups is 1. The largest absolute Gasteiger partial charge is 0.481 e. The number of pyridine rings is 1. The molecule has 0 saturated carbocycles. The van der Waals surface area contributed by atoms with E-state index in [-0.39, 0.29) is 5.41 Å². The van der Waals surface area contributed by atoms with Gasteiger partial charge in [-0.3, -0.25) is 4.99 Å². The fourth-order valence-corrected chi connectivity index (χ4v) is 3.03. The highest BCUT2D eigenvalue weighted by atomic mass is 32.2. The van der Waals surface area contributed by atoms with Gasteiger partial charge in [0.05, 0.1) is 13.7 Å². The average Bonchev–Trinajstić information content (AvgIpc) is 2.45. The molecule has 0 aliphatic carbocycles. The molecule has 0 radical (unpaired) electrons. The number of amidine groups is 1. The molecule has 0 amide bonds. The number of ether oxygens (including phenoxy) is 1. The number of hydrogen-bond acceptors (Lipinski definition) is 4. The summed E-state index contributed by atoms with van der Waals surface area (Å²) in [5.74, 6) is 1.77. The lowest BCUT2D eigenvalue weighted by atomic mass is 9.85. The van der Waals surface area contributed by atoms with Crippen LogP contribution in [0.4, 0.5) is 0 Å². The van der Waals surface area contributed by atoms with Crippen LogP contribution in [0.5, 0.6) is 5.88 Å². The van der Waals surface area contributed by atoms with Crippen LogP contribution >= 0.6 is 11.8 Å². The van der Waals surface area contributed by atoms with E-state index in [1.807, 2.05) is 12.1 Å². The van der Waals surface area contributed by atoms with Gasteiger partial charge in [-0.1, -0.05) is 32.5 Å². The number of nitrogens with one attached hydrogen (secondary N) is 1. The van der Waals surface area contributed by atoms with Gasteiger partial charge in [0, 0.05) is 24.1 Å². The average molecular weight is 293 g/mol. The van der Waals surface area contributed by atoms with Crippen molar-refractivity contribution in [1.82, 2.24) is 10.3 Å². The van der Waals surface area contributed by atoms with Crippen LogP contribution in [0.3, 0.4) is 0 Å². The molecule has 2 rings (SSSR count). The van der Waals surface area contributed by atoms with E-state index in [2.05, 4.69) is 36.1 Å². The molecule has 0 spiro atoms. The zero-order valence-corrected chi connectivity index (χ0v) is 13.5. The summed E-state index contributed by atoms with van der Waals surface area (Å²) in [7, 11) is 1.63. The molecule has 20 heavy (non-hydrogen) atoms. The van der Waals surface area contributed by atoms with Crippen molar-refractivity contribution < 1.29 is 4.74 Å². The highest BCUT2D eigenvalue weighted by Gasteiger charge is 2.28. The Hall–Kier alpha value is -1.23. The monoisotopic (exact) mass is 293 g/mol. The Labute approximate surface area is 125 Å². The van der Waals surface area contributed by atoms with Crippen molar-refractivity contribution in [2.24, 2.45) is 10.4 Å². The van der Waals surface area contributed by atoms with E-state index in [4.69, 9.17) is 4.74 Å². The van der Waals surface area contributed by atoms with E-state index in [0.717, 1.165) is 16.5 Å². The van der Waals surface area contributed by atoms with Crippen LogP contribution in [-0.2, 0) is 6.54 Å². The van der Waals surface area contributed by atoms with Crippen LogP contribution in [0, 0.1) is 5.41 Å². The smallest absolute Gasteiger partial charge is 0.213 e. The predicted molar refractivity (Wildman–Crippen MR) is 85.4 cm³/mol. The van der Waals surface area contributed by atoms with Crippen molar-refractivity contribution in [2.75, 3.05) is 12.9 Å². The van der Waals surface area contributed by atoms with Gasteiger partial charge < -0.3 is 10.1 Å². The first kappa shape index (κ1) is 15.2. The van der Waals surface area contributed by atoms with Gasteiger partial charge in [0.2, 0.25) is 5.88 Å². The zero-order chi connectivity index (χ0) is 14.6. The predicted octanol–water partition coefficient (Wildman–Crippen LogP) is 3.09. The van der Waals surface area contributed by atoms with E-state index in [1.54, 1.807) is 25.1 Å². The molecule has 1 fully saturated rings. The number of aromatic nitrogens is 1. The molecule has 4 nitrogen and oxygen atoms in total. The molecule has 5 heteroatoms. The fraction of sp³-hybridized carbons (Fsp3) is 0.600. The van der Waals surface area contributed by atoms with E-state index >= 15 is 0 Å². The summed E-state index contributed by atoms with van der Waals surface area (Å²) < 4.78 is 5.13. The Morgan fingerprint density at radius 2 is 2.30 bits per heavy atom. The van der Waals surface area contributed by atoms with Crippen molar-refractivity contribution in [3.8, 4) is 5.88 Å². The molecule has 1 aliphatic rings. The molecular weight excluding hydrogens is 270 g/mol. The second-order valence-electron chi connectivity index (χ2n) is 6.03. The van der Waals surface area contributed by atoms with E-state index in [9.17, 15) is 0 Å². The lowest BCUT2D eigenvalue weighted by Crippen LogP contribution is -2.46. The van der Waals surface area contributed by atoms with E-state index < -0.39 is 0 Å². The molecule has 110 valence electrons. The van der Waals surface area contributed by atoms with Gasteiger partial charge in [0.1, 0.15) is 0 Å². The summed E-state index contributed by atoms with van der Waals surface area (Å²) in [5, 5.41) is 4.61. The summed E-state index contributed by atoms with van der Waals surface area (Å²) in [6.07, 6.45) is 2.95. The normalized spacial score (nSPS) is 21.6. The van der Waals surface area contributed by atoms with Gasteiger partial charge in [-0.05, 0) is 23.5 Å². The number of methoxy groups -OCH3 is 1. The minimum Gasteiger partial charge on any atom is -0.481 e. The molecular formula is C15H23N3OS. The third-order valence-electron chi connectivity index (χ3n) is 3.40. The SMILES string of the molecule is COc1cc(CN=C2NC(C(C)(C)C)CCS2)ccn1. The minimum absolute atomic E-state index is 0.266. The fourth-order valence-electron chi connectivity index (χ4n) is 2.10. The number of thioether (sulfide) groups is 1. The maximum Gasteiger partial charge on any atom is 0.213 e. The van der Waals surface area contributed by atoms with E-state index in [1.165, 1.54) is 6.42 Å². The van der Waals surface area contributed by atoms with Crippen LogP contribution < -0.4 is 10.1 Å². The topological polar surface area (TPSA) is 46.5 Å². The second-order valence-corrected chi connectivity index (χ2v) is 7.11. The number of hydrogen-bond donors (Lipinski definition) is 1. The summed E-state index contributed by atoms with van der Waals surface area (Å²) in [4.78, 5) is 8.78. The first-order valence-electron chi connectivity index (χ1n) is 6.92. The van der Waals surface area contributed by atoms with Gasteiger partial charge in [-0.25, -0.2) is 4.98 Å². The van der Waals surface area contributed by atoms with Crippen molar-refractivity contribution in [3.05, 3.63) is 23.9 Å². The maximum atomic E-state index is 5.13. The first-order chi connectivity index (χ1) is 9.49. The van der Waals surface area contributed by atoms with Crippen molar-refractivity contribution in [3.63, 3.8) is 0 Å². The standard InChI is InChI=1S/C15H23N3OS/c1-15(2,3)12-6-8-20-14(18-12)17-10-11-5-7-16-13(9-11)19-4/h5,7,9,12H,6,8,10H2,1-4H3,(H,17,18). The van der Waals surface area contributed by atoms with Gasteiger partial charge in [0.25, 0.3) is 0 Å². The third-order valence-corrected chi connectivity index (χ3v) is 4.36. The lowest BCUT2D eigenvalue weighted by Gasteiger charge is -2.35. The lowest BCUT2D eigenvalue weighted by molar-refractivity contribution is 0.290. The van der Waals surface area contributed by atoms with Gasteiger partial charge in [-0.2, -0.15) is 0 Å². The molecule has 1 N–H and O–H groups in total. The minimum atomic E-state index is 0.266. The second kappa shape index (κ2) is 6.48. The van der Waals surface area contributed by atoms with Crippen molar-refractivity contribution in [2.45, 2.75) is 39.8 Å². The molecule has 1 aliphatic heterocycles. The summed E-state index contributed by atoms with van der Waals surface area (Å²) >= 11 is 1.80. The van der Waals surface area contributed by atoms with Crippen LogP contribution in [0.15, 0.2) is 23.3 Å². The quantitative estimate of drug-likeness (QED) is 0.930. The van der Waals surface area contributed by atoms with Crippen molar-refractivity contribution >= 4 is 16.9 Å². The Morgan fingerprint density at radius 1 is 1.50 bits per heavy atom. The van der Waals surface area contributed by atoms with Crippen LogP contribution in [-0.4, -0.2) is 29.1 Å². The molecule has 0 aromatic carbocycles. The van der Waals surface area contributed by atoms with Crippen LogP contribution in [0.2, 0.25) is 0 Å². The van der Waals surface area contributed by atoms with Crippen LogP contribution in [0.1, 0.15) is 32.8 Å². The maximum absolute atomic E-state index is 5.13. The Bertz CT molecular complexity index is 482. The number of nitrogens with zero attached hydrogens (tertiary/aromatic N) is 2. The highest BCUT2D eigenvalue weighted by molar-refractivity contribution is 8.13. The molecule has 1 aromatic rings. The first-order valence-corrected chi connectivity index (χ1v) is 7.90. The van der Waals surface area contributed by atoms with E-state index in [0.29, 0.717) is 18.5 Å². The Morgan fingerprint density at radius 3 is 3.00 bits per heavy atom. The zero-order valence-electron chi connectivity index (χ0n) is 12.6. The molecule has 1 atom stereocenters. The van der Waals surface area contributed by atoms with Crippen molar-refractivity contribution in [1.29, 1.82) is 0 Å². The summed E-state index contributed by atoms with van der Waals surface area (Å²) in [6, 6.07) is 4.40. The third kappa shape index (κ3) is 4.13. The molecule has 0 bridgehead atoms. The number of rotatable bonds is 3. The van der Waals surface area contributed by atoms with Gasteiger partial charge in [0.15, 0.2) is 5.17 Å². The Kier molecular flexibility index (Phi) is 4.91.